The number of hydrogen-bond donors (Lipinski definition) is 4. The van der Waals surface area contributed by atoms with Gasteiger partial charge in [0.2, 0.25) is 5.56 Å². The number of hydrogen-bond acceptors (Lipinski definition) is 9. The Morgan fingerprint density at radius 2 is 1.43 bits per heavy atom. The van der Waals surface area contributed by atoms with Crippen LogP contribution in [0.4, 0.5) is 8.78 Å². The van der Waals surface area contributed by atoms with Crippen LogP contribution in [0.3, 0.4) is 0 Å². The largest absolute Gasteiger partial charge is 0.768 e. The summed E-state index contributed by atoms with van der Waals surface area (Å²) in [6, 6.07) is 22.8. The summed E-state index contributed by atoms with van der Waals surface area (Å²) in [4.78, 5) is 14.3. The van der Waals surface area contributed by atoms with Crippen LogP contribution in [0.1, 0.15) is 42.9 Å². The van der Waals surface area contributed by atoms with Gasteiger partial charge in [0.1, 0.15) is 12.4 Å². The second-order valence-electron chi connectivity index (χ2n) is 11.1. The predicted octanol–water partition coefficient (Wildman–Crippen LogP) is 5.54. The summed E-state index contributed by atoms with van der Waals surface area (Å²) in [6.45, 7) is 0.717. The van der Waals surface area contributed by atoms with Crippen molar-refractivity contribution >= 4 is 43.8 Å². The van der Waals surface area contributed by atoms with E-state index in [1.54, 1.807) is 42.5 Å². The number of phenolic OH excluding ortho intramolecular Hbond substituents is 1. The molecule has 5 rings (SSSR count). The highest BCUT2D eigenvalue weighted by Crippen LogP contribution is 2.30. The number of ether oxygens (including phenoxy) is 1. The first-order valence-corrected chi connectivity index (χ1v) is 17.6. The molecule has 49 heavy (non-hydrogen) atoms. The lowest BCUT2D eigenvalue weighted by Gasteiger charge is -2.16. The molecule has 5 aromatic rings. The molecule has 0 aliphatic rings. The number of rotatable bonds is 15. The maximum absolute atomic E-state index is 14.0. The molecular weight excluding hydrogens is 679 g/mol. The number of aromatic nitrogens is 1. The Morgan fingerprint density at radius 3 is 2.06 bits per heavy atom. The number of aliphatic hydroxyl groups is 1. The SMILES string of the molecule is O=S([O-])c1cccc2c(S(=O)[O-])cccc12.O=c1ccc2c(C(O)CNCCCCCCOCC(F)(F)c3ccccc3)ccc(O)c2[nH]1. The van der Waals surface area contributed by atoms with Gasteiger partial charge in [-0.15, -0.1) is 0 Å². The standard InChI is InChI=1S/C25H30F2N2O4.C10H8O4S2/c26-25(27,18-8-4-3-5-9-18)17-33-15-7-2-1-6-14-28-16-22(31)19-10-12-21(30)24-20(19)11-13-23(32)29-24;11-15(12)9-5-1-3-7-8(9)4-2-6-10(7)16(13)14/h3-5,8-13,22,28,30-31H,1-2,6-7,14-17H2,(H,29,32);1-6H,(H,11,12)(H,13,14)/p-2. The van der Waals surface area contributed by atoms with Gasteiger partial charge in [-0.3, -0.25) is 13.2 Å². The van der Waals surface area contributed by atoms with Crippen LogP contribution in [-0.4, -0.2) is 59.0 Å². The van der Waals surface area contributed by atoms with Gasteiger partial charge in [0.05, 0.1) is 11.6 Å². The molecule has 0 aliphatic carbocycles. The van der Waals surface area contributed by atoms with Crippen molar-refractivity contribution in [1.29, 1.82) is 0 Å². The molecule has 0 radical (unpaired) electrons. The Labute approximate surface area is 286 Å². The first-order chi connectivity index (χ1) is 23.5. The quantitative estimate of drug-likeness (QED) is 0.0802. The number of phenols is 1. The summed E-state index contributed by atoms with van der Waals surface area (Å²) in [7, 11) is 0. The summed E-state index contributed by atoms with van der Waals surface area (Å²) < 4.78 is 76.9. The minimum Gasteiger partial charge on any atom is -0.768 e. The Balaban J connectivity index is 0.000000281. The van der Waals surface area contributed by atoms with E-state index < -0.39 is 40.8 Å². The first-order valence-electron chi connectivity index (χ1n) is 15.4. The number of aromatic hydroxyl groups is 1. The van der Waals surface area contributed by atoms with Gasteiger partial charge in [0, 0.05) is 40.0 Å². The van der Waals surface area contributed by atoms with E-state index in [0.29, 0.717) is 53.4 Å². The maximum atomic E-state index is 14.0. The molecule has 0 amide bonds. The maximum Gasteiger partial charge on any atom is 0.296 e. The average molecular weight is 715 g/mol. The molecule has 1 heterocycles. The van der Waals surface area contributed by atoms with E-state index in [0.717, 1.165) is 19.3 Å². The normalized spacial score (nSPS) is 13.5. The summed E-state index contributed by atoms with van der Waals surface area (Å²) in [5.74, 6) is -3.02. The van der Waals surface area contributed by atoms with Crippen molar-refractivity contribution < 1.29 is 41.3 Å². The number of H-pyrrole nitrogens is 1. The van der Waals surface area contributed by atoms with Crippen LogP contribution < -0.4 is 10.9 Å². The molecule has 3 atom stereocenters. The van der Waals surface area contributed by atoms with Crippen molar-refractivity contribution in [3.8, 4) is 5.75 Å². The summed E-state index contributed by atoms with van der Waals surface area (Å²) in [5, 5.41) is 25.1. The van der Waals surface area contributed by atoms with Gasteiger partial charge >= 0.3 is 0 Å². The Kier molecular flexibility index (Phi) is 14.1. The highest BCUT2D eigenvalue weighted by Gasteiger charge is 2.31. The highest BCUT2D eigenvalue weighted by atomic mass is 32.2. The smallest absolute Gasteiger partial charge is 0.296 e. The summed E-state index contributed by atoms with van der Waals surface area (Å²) in [5.41, 5.74) is 0.573. The average Bonchev–Trinajstić information content (AvgIpc) is 3.09. The Hall–Kier alpha value is -3.89. The predicted molar refractivity (Wildman–Crippen MR) is 182 cm³/mol. The number of aliphatic hydroxyl groups excluding tert-OH is 1. The summed E-state index contributed by atoms with van der Waals surface area (Å²) in [6.07, 6.45) is 2.60. The van der Waals surface area contributed by atoms with E-state index in [9.17, 15) is 41.3 Å². The number of aromatic amines is 1. The third kappa shape index (κ3) is 10.5. The van der Waals surface area contributed by atoms with Gasteiger partial charge < -0.3 is 34.4 Å². The molecule has 0 aliphatic heterocycles. The van der Waals surface area contributed by atoms with Crippen LogP contribution in [0.25, 0.3) is 21.7 Å². The van der Waals surface area contributed by atoms with Crippen molar-refractivity contribution in [2.24, 2.45) is 0 Å². The number of halogens is 2. The Morgan fingerprint density at radius 1 is 0.796 bits per heavy atom. The highest BCUT2D eigenvalue weighted by molar-refractivity contribution is 7.79. The monoisotopic (exact) mass is 714 g/mol. The van der Waals surface area contributed by atoms with Gasteiger partial charge in [0.15, 0.2) is 0 Å². The number of fused-ring (bicyclic) bond motifs is 2. The van der Waals surface area contributed by atoms with Gasteiger partial charge in [-0.05, 0) is 82.1 Å². The summed E-state index contributed by atoms with van der Waals surface area (Å²) >= 11 is -4.75. The van der Waals surface area contributed by atoms with E-state index in [1.165, 1.54) is 48.5 Å². The molecule has 0 spiro atoms. The minimum absolute atomic E-state index is 0.0353. The third-order valence-corrected chi connectivity index (χ3v) is 9.11. The molecule has 0 fully saturated rings. The molecule has 1 aromatic heterocycles. The van der Waals surface area contributed by atoms with E-state index in [4.69, 9.17) is 4.74 Å². The number of benzene rings is 4. The number of unbranched alkanes of at least 4 members (excludes halogenated alkanes) is 3. The van der Waals surface area contributed by atoms with E-state index in [1.807, 2.05) is 0 Å². The van der Waals surface area contributed by atoms with Crippen LogP contribution in [-0.2, 0) is 32.8 Å². The molecule has 10 nitrogen and oxygen atoms in total. The number of alkyl halides is 2. The lowest BCUT2D eigenvalue weighted by atomic mass is 10.0. The van der Waals surface area contributed by atoms with Crippen molar-refractivity contribution in [1.82, 2.24) is 10.3 Å². The van der Waals surface area contributed by atoms with Crippen molar-refractivity contribution in [2.75, 3.05) is 26.3 Å². The van der Waals surface area contributed by atoms with Gasteiger partial charge in [0.25, 0.3) is 5.92 Å². The second kappa shape index (κ2) is 18.2. The van der Waals surface area contributed by atoms with Crippen LogP contribution in [0.15, 0.2) is 106 Å². The molecule has 14 heteroatoms. The Bertz CT molecular complexity index is 1890. The van der Waals surface area contributed by atoms with Crippen molar-refractivity contribution in [2.45, 2.75) is 47.5 Å². The third-order valence-electron chi connectivity index (χ3n) is 7.68. The van der Waals surface area contributed by atoms with Gasteiger partial charge in [-0.1, -0.05) is 73.5 Å². The minimum atomic E-state index is -2.98. The van der Waals surface area contributed by atoms with Crippen molar-refractivity contribution in [3.63, 3.8) is 0 Å². The molecule has 0 saturated carbocycles. The fourth-order valence-electron chi connectivity index (χ4n) is 5.21. The lowest BCUT2D eigenvalue weighted by molar-refractivity contribution is -0.0831. The van der Waals surface area contributed by atoms with E-state index in [2.05, 4.69) is 10.3 Å². The fraction of sp³-hybridized carbons (Fsp3) is 0.286. The zero-order chi connectivity index (χ0) is 35.4. The van der Waals surface area contributed by atoms with Gasteiger partial charge in [-0.25, -0.2) is 0 Å². The molecule has 262 valence electrons. The molecular formula is C35H36F2N2O8S2-2. The molecule has 0 saturated heterocycles. The van der Waals surface area contributed by atoms with Crippen molar-refractivity contribution in [3.05, 3.63) is 112 Å². The zero-order valence-corrected chi connectivity index (χ0v) is 27.9. The topological polar surface area (TPSA) is 175 Å². The number of nitrogens with one attached hydrogen (secondary N) is 2. The van der Waals surface area contributed by atoms with Crippen LogP contribution in [0, 0.1) is 0 Å². The van der Waals surface area contributed by atoms with E-state index in [-0.39, 0.29) is 26.7 Å². The van der Waals surface area contributed by atoms with E-state index >= 15 is 0 Å². The van der Waals surface area contributed by atoms with Crippen LogP contribution in [0.5, 0.6) is 5.75 Å². The number of pyridine rings is 1. The molecule has 4 N–H and O–H groups in total. The van der Waals surface area contributed by atoms with Crippen LogP contribution >= 0.6 is 0 Å². The second-order valence-corrected chi connectivity index (χ2v) is 12.9. The molecule has 4 aromatic carbocycles. The lowest BCUT2D eigenvalue weighted by Crippen LogP contribution is -2.23. The molecule has 3 unspecified atom stereocenters. The molecule has 0 bridgehead atoms. The first kappa shape index (κ1) is 37.9. The van der Waals surface area contributed by atoms with Crippen LogP contribution in [0.2, 0.25) is 0 Å². The van der Waals surface area contributed by atoms with Gasteiger partial charge in [-0.2, -0.15) is 8.78 Å². The fourth-order valence-corrected chi connectivity index (χ4v) is 6.31. The zero-order valence-electron chi connectivity index (χ0n) is 26.3.